The van der Waals surface area contributed by atoms with E-state index in [9.17, 15) is 9.59 Å². The van der Waals surface area contributed by atoms with Crippen molar-refractivity contribution in [3.05, 3.63) is 23.2 Å². The summed E-state index contributed by atoms with van der Waals surface area (Å²) in [6.07, 6.45) is 0.755. The zero-order chi connectivity index (χ0) is 16.7. The van der Waals surface area contributed by atoms with Crippen LogP contribution in [0.1, 0.15) is 20.3 Å². The maximum atomic E-state index is 12.3. The summed E-state index contributed by atoms with van der Waals surface area (Å²) in [5.41, 5.74) is 0.457. The van der Waals surface area contributed by atoms with Crippen LogP contribution in [-0.2, 0) is 9.59 Å². The molecule has 1 rings (SSSR count). The number of nitrogens with one attached hydrogen (secondary N) is 1. The first-order chi connectivity index (χ1) is 10.4. The van der Waals surface area contributed by atoms with Gasteiger partial charge in [-0.2, -0.15) is 0 Å². The highest BCUT2D eigenvalue weighted by molar-refractivity contribution is 6.31. The van der Waals surface area contributed by atoms with Crippen molar-refractivity contribution in [3.8, 4) is 5.75 Å². The van der Waals surface area contributed by atoms with E-state index in [2.05, 4.69) is 5.32 Å². The molecule has 22 heavy (non-hydrogen) atoms. The largest absolute Gasteiger partial charge is 0.495 e. The number of carboxylic acid groups (broad SMARTS) is 1. The fourth-order valence-electron chi connectivity index (χ4n) is 2.05. The third kappa shape index (κ3) is 5.20. The quantitative estimate of drug-likeness (QED) is 0.766. The average Bonchev–Trinajstić information content (AvgIpc) is 2.45. The number of carbonyl (C=O) groups excluding carboxylic acids is 1. The number of carbonyl (C=O) groups is 2. The minimum Gasteiger partial charge on any atom is -0.495 e. The van der Waals surface area contributed by atoms with Crippen molar-refractivity contribution in [1.29, 1.82) is 0 Å². The Bertz CT molecular complexity index is 536. The number of hydrogen-bond acceptors (Lipinski definition) is 4. The molecule has 0 fully saturated rings. The van der Waals surface area contributed by atoms with Crippen molar-refractivity contribution in [2.75, 3.05) is 25.5 Å². The Morgan fingerprint density at radius 2 is 2.14 bits per heavy atom. The SMILES string of the molecule is CCCN(CC(=O)O)C(C)C(=O)Nc1cc(Cl)ccc1OC. The lowest BCUT2D eigenvalue weighted by molar-refractivity contribution is -0.139. The third-order valence-electron chi connectivity index (χ3n) is 3.20. The topological polar surface area (TPSA) is 78.9 Å². The van der Waals surface area contributed by atoms with Gasteiger partial charge in [0.1, 0.15) is 5.75 Å². The Balaban J connectivity index is 2.86. The maximum Gasteiger partial charge on any atom is 0.317 e. The van der Waals surface area contributed by atoms with E-state index in [0.29, 0.717) is 23.0 Å². The molecule has 0 radical (unpaired) electrons. The Labute approximate surface area is 135 Å². The summed E-state index contributed by atoms with van der Waals surface area (Å²) >= 11 is 5.92. The first kappa shape index (κ1) is 18.3. The highest BCUT2D eigenvalue weighted by Gasteiger charge is 2.23. The Morgan fingerprint density at radius 3 is 2.68 bits per heavy atom. The van der Waals surface area contributed by atoms with Crippen molar-refractivity contribution in [3.63, 3.8) is 0 Å². The second-order valence-corrected chi connectivity index (χ2v) is 5.31. The molecule has 0 aliphatic heterocycles. The molecule has 1 atom stereocenters. The number of amides is 1. The van der Waals surface area contributed by atoms with Crippen LogP contribution < -0.4 is 10.1 Å². The van der Waals surface area contributed by atoms with Gasteiger partial charge in [0.25, 0.3) is 0 Å². The van der Waals surface area contributed by atoms with Crippen molar-refractivity contribution in [2.45, 2.75) is 26.3 Å². The van der Waals surface area contributed by atoms with Crippen molar-refractivity contribution < 1.29 is 19.4 Å². The predicted molar refractivity (Wildman–Crippen MR) is 85.6 cm³/mol. The second-order valence-electron chi connectivity index (χ2n) is 4.87. The molecule has 0 saturated carbocycles. The van der Waals surface area contributed by atoms with Gasteiger partial charge < -0.3 is 15.2 Å². The molecule has 2 N–H and O–H groups in total. The van der Waals surface area contributed by atoms with Crippen LogP contribution >= 0.6 is 11.6 Å². The van der Waals surface area contributed by atoms with Crippen LogP contribution in [0.2, 0.25) is 5.02 Å². The summed E-state index contributed by atoms with van der Waals surface area (Å²) in [5.74, 6) is -0.783. The van der Waals surface area contributed by atoms with Gasteiger partial charge in [0.05, 0.1) is 25.4 Å². The molecule has 1 amide bonds. The molecule has 0 bridgehead atoms. The molecule has 0 heterocycles. The third-order valence-corrected chi connectivity index (χ3v) is 3.43. The van der Waals surface area contributed by atoms with Gasteiger partial charge in [-0.3, -0.25) is 14.5 Å². The molecule has 0 saturated heterocycles. The molecule has 0 aromatic heterocycles. The molecule has 0 aliphatic rings. The zero-order valence-electron chi connectivity index (χ0n) is 12.9. The van der Waals surface area contributed by atoms with Gasteiger partial charge in [0, 0.05) is 5.02 Å². The highest BCUT2D eigenvalue weighted by Crippen LogP contribution is 2.27. The molecule has 0 spiro atoms. The van der Waals surface area contributed by atoms with Crippen molar-refractivity contribution >= 4 is 29.2 Å². The smallest absolute Gasteiger partial charge is 0.317 e. The molecule has 0 aliphatic carbocycles. The Kier molecular flexibility index (Phi) is 7.14. The van der Waals surface area contributed by atoms with Crippen LogP contribution in [0.25, 0.3) is 0 Å². The summed E-state index contributed by atoms with van der Waals surface area (Å²) in [7, 11) is 1.50. The lowest BCUT2D eigenvalue weighted by atomic mass is 10.2. The van der Waals surface area contributed by atoms with Gasteiger partial charge in [0.2, 0.25) is 5.91 Å². The van der Waals surface area contributed by atoms with E-state index in [1.165, 1.54) is 7.11 Å². The molecule has 6 nitrogen and oxygen atoms in total. The van der Waals surface area contributed by atoms with E-state index in [-0.39, 0.29) is 12.5 Å². The molecular weight excluding hydrogens is 308 g/mol. The molecule has 1 aromatic rings. The van der Waals surface area contributed by atoms with Gasteiger partial charge in [-0.25, -0.2) is 0 Å². The summed E-state index contributed by atoms with van der Waals surface area (Å²) < 4.78 is 5.17. The number of benzene rings is 1. The van der Waals surface area contributed by atoms with E-state index < -0.39 is 12.0 Å². The van der Waals surface area contributed by atoms with Crippen LogP contribution in [-0.4, -0.2) is 48.1 Å². The van der Waals surface area contributed by atoms with E-state index in [1.807, 2.05) is 6.92 Å². The normalized spacial score (nSPS) is 12.0. The number of carboxylic acids is 1. The number of hydrogen-bond donors (Lipinski definition) is 2. The Hall–Kier alpha value is -1.79. The van der Waals surface area contributed by atoms with Crippen LogP contribution in [0.4, 0.5) is 5.69 Å². The lowest BCUT2D eigenvalue weighted by Gasteiger charge is -2.26. The summed E-state index contributed by atoms with van der Waals surface area (Å²) in [6.45, 7) is 3.94. The highest BCUT2D eigenvalue weighted by atomic mass is 35.5. The number of anilines is 1. The number of methoxy groups -OCH3 is 1. The number of nitrogens with zero attached hydrogens (tertiary/aromatic N) is 1. The first-order valence-electron chi connectivity index (χ1n) is 6.99. The van der Waals surface area contributed by atoms with Gasteiger partial charge in [-0.1, -0.05) is 18.5 Å². The number of halogens is 1. The monoisotopic (exact) mass is 328 g/mol. The van der Waals surface area contributed by atoms with Gasteiger partial charge in [-0.05, 0) is 38.1 Å². The summed E-state index contributed by atoms with van der Waals surface area (Å²) in [4.78, 5) is 24.9. The maximum absolute atomic E-state index is 12.3. The number of rotatable bonds is 8. The number of ether oxygens (including phenoxy) is 1. The van der Waals surface area contributed by atoms with Gasteiger partial charge in [0.15, 0.2) is 0 Å². The molecule has 122 valence electrons. The molecule has 1 unspecified atom stereocenters. The lowest BCUT2D eigenvalue weighted by Crippen LogP contribution is -2.45. The minimum atomic E-state index is -0.964. The molecule has 7 heteroatoms. The Morgan fingerprint density at radius 1 is 1.45 bits per heavy atom. The second kappa shape index (κ2) is 8.60. The fourth-order valence-corrected chi connectivity index (χ4v) is 2.22. The standard InChI is InChI=1S/C15H21ClN2O4/c1-4-7-18(9-14(19)20)10(2)15(21)17-12-8-11(16)5-6-13(12)22-3/h5-6,8,10H,4,7,9H2,1-3H3,(H,17,21)(H,19,20). The van der Waals surface area contributed by atoms with Crippen molar-refractivity contribution in [2.24, 2.45) is 0 Å². The van der Waals surface area contributed by atoms with Crippen LogP contribution in [0, 0.1) is 0 Å². The minimum absolute atomic E-state index is 0.185. The first-order valence-corrected chi connectivity index (χ1v) is 7.37. The van der Waals surface area contributed by atoms with Gasteiger partial charge in [-0.15, -0.1) is 0 Å². The molecule has 1 aromatic carbocycles. The van der Waals surface area contributed by atoms with Crippen LogP contribution in [0.5, 0.6) is 5.75 Å². The summed E-state index contributed by atoms with van der Waals surface area (Å²) in [6, 6.07) is 4.32. The van der Waals surface area contributed by atoms with Crippen LogP contribution in [0.3, 0.4) is 0 Å². The summed E-state index contributed by atoms with van der Waals surface area (Å²) in [5, 5.41) is 12.1. The predicted octanol–water partition coefficient (Wildman–Crippen LogP) is 2.47. The van der Waals surface area contributed by atoms with Crippen molar-refractivity contribution in [1.82, 2.24) is 4.90 Å². The van der Waals surface area contributed by atoms with Gasteiger partial charge >= 0.3 is 5.97 Å². The molecular formula is C15H21ClN2O4. The fraction of sp³-hybridized carbons (Fsp3) is 0.467. The van der Waals surface area contributed by atoms with E-state index in [1.54, 1.807) is 30.0 Å². The number of aliphatic carboxylic acids is 1. The average molecular weight is 329 g/mol. The van der Waals surface area contributed by atoms with E-state index in [0.717, 1.165) is 6.42 Å². The zero-order valence-corrected chi connectivity index (χ0v) is 13.7. The van der Waals surface area contributed by atoms with Crippen LogP contribution in [0.15, 0.2) is 18.2 Å². The van der Waals surface area contributed by atoms with E-state index in [4.69, 9.17) is 21.4 Å². The van der Waals surface area contributed by atoms with E-state index >= 15 is 0 Å².